The first-order valence-corrected chi connectivity index (χ1v) is 11.4. The van der Waals surface area contributed by atoms with Crippen molar-refractivity contribution in [1.29, 1.82) is 0 Å². The molecule has 2 atom stereocenters. The van der Waals surface area contributed by atoms with E-state index >= 15 is 0 Å². The summed E-state index contributed by atoms with van der Waals surface area (Å²) in [5.41, 5.74) is 1.45. The number of allylic oxidation sites excluding steroid dienone is 1. The fraction of sp³-hybridized carbons (Fsp3) is 0.478. The van der Waals surface area contributed by atoms with Gasteiger partial charge in [-0.25, -0.2) is 9.79 Å². The van der Waals surface area contributed by atoms with Crippen LogP contribution in [0.25, 0.3) is 0 Å². The van der Waals surface area contributed by atoms with E-state index in [2.05, 4.69) is 4.99 Å². The lowest BCUT2D eigenvalue weighted by Gasteiger charge is -2.33. The van der Waals surface area contributed by atoms with Gasteiger partial charge in [0.05, 0.1) is 35.8 Å². The molecular weight excluding hydrogens is 432 g/mol. The number of amides is 1. The number of fused-ring (bicyclic) bond motifs is 1. The van der Waals surface area contributed by atoms with Crippen molar-refractivity contribution in [3.05, 3.63) is 35.0 Å². The zero-order valence-electron chi connectivity index (χ0n) is 19.1. The molecule has 8 nitrogen and oxygen atoms in total. The van der Waals surface area contributed by atoms with Gasteiger partial charge in [0, 0.05) is 6.92 Å². The standard InChI is InChI=1S/C23H28N2O6S/c1-7-29-18-10-16(8-9-17(18)31-15(6)26)20-19(22(28)30-11-12(2)3)13(4)24-23-25(20)21(27)14(5)32-23/h8-10,12,14,20H,7,11H2,1-6H3/t14-,20+/m0/s1. The van der Waals surface area contributed by atoms with E-state index in [1.54, 1.807) is 30.0 Å². The maximum Gasteiger partial charge on any atom is 0.338 e. The zero-order chi connectivity index (χ0) is 23.6. The maximum absolute atomic E-state index is 13.1. The van der Waals surface area contributed by atoms with Gasteiger partial charge in [0.15, 0.2) is 16.7 Å². The van der Waals surface area contributed by atoms with Crippen LogP contribution in [-0.2, 0) is 19.1 Å². The van der Waals surface area contributed by atoms with E-state index in [1.807, 2.05) is 27.7 Å². The second kappa shape index (κ2) is 9.77. The first-order valence-electron chi connectivity index (χ1n) is 10.6. The van der Waals surface area contributed by atoms with Crippen LogP contribution in [-0.4, -0.2) is 46.4 Å². The third-order valence-corrected chi connectivity index (χ3v) is 5.92. The van der Waals surface area contributed by atoms with Crippen molar-refractivity contribution in [1.82, 2.24) is 4.90 Å². The number of esters is 2. The van der Waals surface area contributed by atoms with E-state index in [1.165, 1.54) is 18.7 Å². The molecule has 1 fully saturated rings. The summed E-state index contributed by atoms with van der Waals surface area (Å²) in [6.07, 6.45) is 0. The second-order valence-corrected chi connectivity index (χ2v) is 9.30. The number of rotatable bonds is 7. The summed E-state index contributed by atoms with van der Waals surface area (Å²) < 4.78 is 16.4. The summed E-state index contributed by atoms with van der Waals surface area (Å²) in [6, 6.07) is 4.30. The minimum Gasteiger partial charge on any atom is -0.490 e. The lowest BCUT2D eigenvalue weighted by Crippen LogP contribution is -2.40. The number of carbonyl (C=O) groups is 3. The third kappa shape index (κ3) is 4.82. The van der Waals surface area contributed by atoms with Crippen LogP contribution in [0.3, 0.4) is 0 Å². The number of hydrogen-bond donors (Lipinski definition) is 0. The van der Waals surface area contributed by atoms with E-state index in [0.717, 1.165) is 0 Å². The van der Waals surface area contributed by atoms with E-state index in [9.17, 15) is 14.4 Å². The van der Waals surface area contributed by atoms with Crippen LogP contribution in [0.4, 0.5) is 0 Å². The molecule has 2 aliphatic rings. The van der Waals surface area contributed by atoms with E-state index in [0.29, 0.717) is 34.4 Å². The van der Waals surface area contributed by atoms with Gasteiger partial charge in [-0.05, 0) is 44.4 Å². The molecule has 0 saturated carbocycles. The number of thioether (sulfide) groups is 1. The van der Waals surface area contributed by atoms with Gasteiger partial charge >= 0.3 is 11.9 Å². The molecule has 32 heavy (non-hydrogen) atoms. The highest BCUT2D eigenvalue weighted by Gasteiger charge is 2.46. The molecule has 0 radical (unpaired) electrons. The molecule has 1 amide bonds. The van der Waals surface area contributed by atoms with Crippen LogP contribution in [0.1, 0.15) is 53.1 Å². The van der Waals surface area contributed by atoms with Crippen LogP contribution in [0.2, 0.25) is 0 Å². The Morgan fingerprint density at radius 2 is 1.97 bits per heavy atom. The van der Waals surface area contributed by atoms with Gasteiger partial charge in [-0.1, -0.05) is 31.7 Å². The van der Waals surface area contributed by atoms with Gasteiger partial charge < -0.3 is 14.2 Å². The molecule has 3 rings (SSSR count). The topological polar surface area (TPSA) is 94.5 Å². The van der Waals surface area contributed by atoms with Crippen LogP contribution < -0.4 is 9.47 Å². The lowest BCUT2D eigenvalue weighted by molar-refractivity contribution is -0.141. The van der Waals surface area contributed by atoms with E-state index in [4.69, 9.17) is 14.2 Å². The van der Waals surface area contributed by atoms with Crippen LogP contribution in [0, 0.1) is 5.92 Å². The zero-order valence-corrected chi connectivity index (χ0v) is 19.9. The molecule has 0 bridgehead atoms. The normalized spacial score (nSPS) is 20.3. The van der Waals surface area contributed by atoms with Crippen molar-refractivity contribution in [3.8, 4) is 11.5 Å². The minimum absolute atomic E-state index is 0.137. The number of ether oxygens (including phenoxy) is 3. The molecule has 1 aromatic rings. The Balaban J connectivity index is 2.11. The summed E-state index contributed by atoms with van der Waals surface area (Å²) in [4.78, 5) is 43.7. The molecule has 0 spiro atoms. The number of aliphatic imine (C=N–C) groups is 1. The summed E-state index contributed by atoms with van der Waals surface area (Å²) >= 11 is 1.36. The van der Waals surface area contributed by atoms with Crippen molar-refractivity contribution < 1.29 is 28.6 Å². The Kier molecular flexibility index (Phi) is 7.28. The maximum atomic E-state index is 13.1. The highest BCUT2D eigenvalue weighted by molar-refractivity contribution is 8.15. The van der Waals surface area contributed by atoms with E-state index in [-0.39, 0.29) is 29.4 Å². The fourth-order valence-electron chi connectivity index (χ4n) is 3.50. The second-order valence-electron chi connectivity index (χ2n) is 7.99. The summed E-state index contributed by atoms with van der Waals surface area (Å²) in [7, 11) is 0. The van der Waals surface area contributed by atoms with Crippen molar-refractivity contribution >= 4 is 34.8 Å². The summed E-state index contributed by atoms with van der Waals surface area (Å²) in [5.74, 6) is -0.333. The molecule has 2 heterocycles. The average Bonchev–Trinajstić information content (AvgIpc) is 2.99. The Morgan fingerprint density at radius 1 is 1.25 bits per heavy atom. The minimum atomic E-state index is -0.724. The van der Waals surface area contributed by atoms with Crippen molar-refractivity contribution in [2.75, 3.05) is 13.2 Å². The number of amidine groups is 1. The number of benzene rings is 1. The average molecular weight is 461 g/mol. The molecule has 1 aromatic carbocycles. The van der Waals surface area contributed by atoms with Gasteiger partial charge in [-0.3, -0.25) is 14.5 Å². The van der Waals surface area contributed by atoms with Crippen molar-refractivity contribution in [3.63, 3.8) is 0 Å². The predicted molar refractivity (Wildman–Crippen MR) is 121 cm³/mol. The Hall–Kier alpha value is -2.81. The number of hydrogen-bond acceptors (Lipinski definition) is 8. The highest BCUT2D eigenvalue weighted by atomic mass is 32.2. The molecule has 2 aliphatic heterocycles. The smallest absolute Gasteiger partial charge is 0.338 e. The molecule has 0 aromatic heterocycles. The first-order chi connectivity index (χ1) is 15.1. The largest absolute Gasteiger partial charge is 0.490 e. The fourth-order valence-corrected chi connectivity index (χ4v) is 4.53. The molecular formula is C23H28N2O6S. The number of carbonyl (C=O) groups excluding carboxylic acids is 3. The molecule has 0 aliphatic carbocycles. The first kappa shape index (κ1) is 23.8. The summed E-state index contributed by atoms with van der Waals surface area (Å²) in [6.45, 7) is 11.2. The molecule has 9 heteroatoms. The predicted octanol–water partition coefficient (Wildman–Crippen LogP) is 3.86. The monoisotopic (exact) mass is 460 g/mol. The number of nitrogens with zero attached hydrogens (tertiary/aromatic N) is 2. The quantitative estimate of drug-likeness (QED) is 0.450. The Bertz CT molecular complexity index is 1000. The van der Waals surface area contributed by atoms with Gasteiger partial charge in [-0.2, -0.15) is 0 Å². The van der Waals surface area contributed by atoms with Crippen LogP contribution in [0.5, 0.6) is 11.5 Å². The SMILES string of the molecule is CCOc1cc([C@@H]2C(C(=O)OCC(C)C)=C(C)N=C3S[C@@H](C)C(=O)N32)ccc1OC(C)=O. The molecule has 0 N–H and O–H groups in total. The molecule has 172 valence electrons. The molecule has 1 saturated heterocycles. The van der Waals surface area contributed by atoms with Gasteiger partial charge in [0.25, 0.3) is 0 Å². The Morgan fingerprint density at radius 3 is 2.59 bits per heavy atom. The molecule has 0 unspecified atom stereocenters. The van der Waals surface area contributed by atoms with Gasteiger partial charge in [-0.15, -0.1) is 0 Å². The van der Waals surface area contributed by atoms with Crippen LogP contribution >= 0.6 is 11.8 Å². The lowest BCUT2D eigenvalue weighted by atomic mass is 9.94. The van der Waals surface area contributed by atoms with Gasteiger partial charge in [0.2, 0.25) is 5.91 Å². The third-order valence-electron chi connectivity index (χ3n) is 4.86. The van der Waals surface area contributed by atoms with Crippen LogP contribution in [0.15, 0.2) is 34.5 Å². The Labute approximate surface area is 192 Å². The summed E-state index contributed by atoms with van der Waals surface area (Å²) in [5, 5.41) is 0.231. The highest BCUT2D eigenvalue weighted by Crippen LogP contribution is 2.45. The van der Waals surface area contributed by atoms with Crippen molar-refractivity contribution in [2.45, 2.75) is 52.8 Å². The van der Waals surface area contributed by atoms with Gasteiger partial charge in [0.1, 0.15) is 0 Å². The van der Waals surface area contributed by atoms with E-state index < -0.39 is 18.0 Å². The van der Waals surface area contributed by atoms with Crippen molar-refractivity contribution in [2.24, 2.45) is 10.9 Å².